The van der Waals surface area contributed by atoms with E-state index in [1.165, 1.54) is 26.0 Å². The summed E-state index contributed by atoms with van der Waals surface area (Å²) in [5.41, 5.74) is -0.136. The molecule has 0 radical (unpaired) electrons. The number of nitro groups is 1. The number of aromatic hydroxyl groups is 1. The number of hydrogen-bond donors (Lipinski definition) is 3. The first-order chi connectivity index (χ1) is 7.84. The molecule has 0 amide bonds. The van der Waals surface area contributed by atoms with Crippen molar-refractivity contribution in [3.8, 4) is 5.75 Å². The fraction of sp³-hybridized carbons (Fsp3) is 0.400. The Morgan fingerprint density at radius 1 is 1.29 bits per heavy atom. The minimum Gasteiger partial charge on any atom is -0.506 e. The van der Waals surface area contributed by atoms with Crippen molar-refractivity contribution in [1.29, 1.82) is 0 Å². The number of benzene rings is 1. The molecule has 94 valence electrons. The highest BCUT2D eigenvalue weighted by atomic mass is 16.6. The van der Waals surface area contributed by atoms with Crippen LogP contribution in [-0.2, 0) is 0 Å². The van der Waals surface area contributed by atoms with Crippen LogP contribution < -0.4 is 4.90 Å². The van der Waals surface area contributed by atoms with Crippen LogP contribution in [0.15, 0.2) is 18.2 Å². The molecular formula is C10H14N2O5. The number of phenolic OH excluding ortho intramolecular Hbond substituents is 1. The third-order valence-corrected chi connectivity index (χ3v) is 2.25. The van der Waals surface area contributed by atoms with Gasteiger partial charge in [0.15, 0.2) is 0 Å². The second kappa shape index (κ2) is 4.98. The number of phenols is 1. The molecule has 0 heterocycles. The van der Waals surface area contributed by atoms with Gasteiger partial charge in [-0.3, -0.25) is 10.1 Å². The third-order valence-electron chi connectivity index (χ3n) is 2.25. The smallest absolute Gasteiger partial charge is 0.273 e. The monoisotopic (exact) mass is 242 g/mol. The molecule has 0 aliphatic carbocycles. The van der Waals surface area contributed by atoms with E-state index in [0.717, 1.165) is 11.0 Å². The van der Waals surface area contributed by atoms with Gasteiger partial charge in [-0.2, -0.15) is 0 Å². The molecule has 1 aromatic carbocycles. The summed E-state index contributed by atoms with van der Waals surface area (Å²) in [6, 6.07) is 3.42. The average molecular weight is 242 g/mol. The highest BCUT2D eigenvalue weighted by molar-refractivity contribution is 5.62. The maximum absolute atomic E-state index is 10.5. The predicted octanol–water partition coefficient (Wildman–Crippen LogP) is 0.783. The number of nitrogens with zero attached hydrogens (tertiary/aromatic N) is 2. The van der Waals surface area contributed by atoms with Gasteiger partial charge in [0, 0.05) is 6.07 Å². The van der Waals surface area contributed by atoms with Gasteiger partial charge in [-0.1, -0.05) is 0 Å². The molecule has 7 heteroatoms. The van der Waals surface area contributed by atoms with E-state index in [1.807, 2.05) is 0 Å². The minimum absolute atomic E-state index is 0.126. The number of aliphatic hydroxyl groups excluding tert-OH is 2. The lowest BCUT2D eigenvalue weighted by Crippen LogP contribution is -2.40. The molecule has 0 saturated heterocycles. The normalized spacial score (nSPS) is 14.1. The number of aliphatic hydroxyl groups is 2. The van der Waals surface area contributed by atoms with Crippen molar-refractivity contribution >= 4 is 11.4 Å². The quantitative estimate of drug-likeness (QED) is 0.409. The molecule has 3 N–H and O–H groups in total. The Morgan fingerprint density at radius 3 is 2.18 bits per heavy atom. The highest BCUT2D eigenvalue weighted by Crippen LogP contribution is 2.32. The van der Waals surface area contributed by atoms with Crippen molar-refractivity contribution < 1.29 is 20.2 Å². The zero-order chi connectivity index (χ0) is 13.2. The van der Waals surface area contributed by atoms with E-state index in [9.17, 15) is 25.4 Å². The van der Waals surface area contributed by atoms with E-state index < -0.39 is 17.4 Å². The topological polar surface area (TPSA) is 107 Å². The summed E-state index contributed by atoms with van der Waals surface area (Å²) in [4.78, 5) is 11.0. The second-order valence-corrected chi connectivity index (χ2v) is 3.60. The summed E-state index contributed by atoms with van der Waals surface area (Å²) in [5.74, 6) is -0.374. The van der Waals surface area contributed by atoms with E-state index >= 15 is 0 Å². The van der Waals surface area contributed by atoms with Gasteiger partial charge in [0.25, 0.3) is 5.69 Å². The van der Waals surface area contributed by atoms with E-state index in [2.05, 4.69) is 0 Å². The fourth-order valence-electron chi connectivity index (χ4n) is 1.56. The predicted molar refractivity (Wildman–Crippen MR) is 60.6 cm³/mol. The van der Waals surface area contributed by atoms with Crippen LogP contribution in [0.5, 0.6) is 5.75 Å². The van der Waals surface area contributed by atoms with Crippen molar-refractivity contribution in [2.45, 2.75) is 26.3 Å². The number of hydrogen-bond acceptors (Lipinski definition) is 6. The fourth-order valence-corrected chi connectivity index (χ4v) is 1.56. The van der Waals surface area contributed by atoms with Crippen LogP contribution in [0.1, 0.15) is 13.8 Å². The summed E-state index contributed by atoms with van der Waals surface area (Å²) in [6.45, 7) is 2.82. The van der Waals surface area contributed by atoms with Crippen molar-refractivity contribution in [2.75, 3.05) is 4.90 Å². The van der Waals surface area contributed by atoms with Crippen molar-refractivity contribution in [3.63, 3.8) is 0 Å². The summed E-state index contributed by atoms with van der Waals surface area (Å²) < 4.78 is 0. The van der Waals surface area contributed by atoms with E-state index in [4.69, 9.17) is 0 Å². The van der Waals surface area contributed by atoms with Crippen molar-refractivity contribution in [2.24, 2.45) is 0 Å². The van der Waals surface area contributed by atoms with Gasteiger partial charge < -0.3 is 20.2 Å². The van der Waals surface area contributed by atoms with Crippen LogP contribution in [0.3, 0.4) is 0 Å². The first-order valence-electron chi connectivity index (χ1n) is 4.96. The maximum atomic E-state index is 10.5. The van der Waals surface area contributed by atoms with Gasteiger partial charge in [-0.15, -0.1) is 0 Å². The number of nitro benzene ring substituents is 1. The number of rotatable bonds is 4. The van der Waals surface area contributed by atoms with Crippen LogP contribution >= 0.6 is 0 Å². The van der Waals surface area contributed by atoms with Crippen LogP contribution in [0.25, 0.3) is 0 Å². The Labute approximate surface area is 97.7 Å². The molecule has 0 bridgehead atoms. The molecule has 0 fully saturated rings. The first kappa shape index (κ1) is 13.2. The molecule has 7 nitrogen and oxygen atoms in total. The summed E-state index contributed by atoms with van der Waals surface area (Å²) in [7, 11) is 0. The molecule has 2 unspecified atom stereocenters. The third kappa shape index (κ3) is 2.83. The lowest BCUT2D eigenvalue weighted by molar-refractivity contribution is -0.384. The SMILES string of the molecule is CC(O)N(c1ccc([N+](=O)[O-])cc1O)C(C)O. The Kier molecular flexibility index (Phi) is 3.87. The molecular weight excluding hydrogens is 228 g/mol. The van der Waals surface area contributed by atoms with E-state index in [1.54, 1.807) is 0 Å². The number of non-ortho nitro benzene ring substituents is 1. The largest absolute Gasteiger partial charge is 0.506 e. The second-order valence-electron chi connectivity index (χ2n) is 3.60. The molecule has 1 rings (SSSR count). The zero-order valence-corrected chi connectivity index (χ0v) is 9.44. The van der Waals surface area contributed by atoms with Crippen LogP contribution in [0.2, 0.25) is 0 Å². The lowest BCUT2D eigenvalue weighted by atomic mass is 10.2. The molecule has 0 aromatic heterocycles. The van der Waals surface area contributed by atoms with Gasteiger partial charge in [-0.05, 0) is 19.9 Å². The van der Waals surface area contributed by atoms with Gasteiger partial charge in [-0.25, -0.2) is 0 Å². The molecule has 0 spiro atoms. The maximum Gasteiger partial charge on any atom is 0.273 e. The average Bonchev–Trinajstić information content (AvgIpc) is 2.19. The Bertz CT molecular complexity index is 411. The van der Waals surface area contributed by atoms with Gasteiger partial charge in [0.05, 0.1) is 16.7 Å². The van der Waals surface area contributed by atoms with Crippen LogP contribution in [0, 0.1) is 10.1 Å². The first-order valence-corrected chi connectivity index (χ1v) is 4.96. The van der Waals surface area contributed by atoms with Crippen LogP contribution in [0.4, 0.5) is 11.4 Å². The van der Waals surface area contributed by atoms with Gasteiger partial charge in [0.1, 0.15) is 18.2 Å². The minimum atomic E-state index is -1.04. The molecule has 0 aliphatic heterocycles. The van der Waals surface area contributed by atoms with E-state index in [0.29, 0.717) is 0 Å². The van der Waals surface area contributed by atoms with Gasteiger partial charge >= 0.3 is 0 Å². The Hall–Kier alpha value is -1.86. The van der Waals surface area contributed by atoms with Gasteiger partial charge in [0.2, 0.25) is 0 Å². The standard InChI is InChI=1S/C10H14N2O5/c1-6(13)11(7(2)14)9-4-3-8(12(16)17)5-10(9)15/h3-7,13-15H,1-2H3. The summed E-state index contributed by atoms with van der Waals surface area (Å²) >= 11 is 0. The van der Waals surface area contributed by atoms with E-state index in [-0.39, 0.29) is 17.1 Å². The Balaban J connectivity index is 3.18. The number of anilines is 1. The van der Waals surface area contributed by atoms with Crippen molar-refractivity contribution in [3.05, 3.63) is 28.3 Å². The lowest BCUT2D eigenvalue weighted by Gasteiger charge is -2.30. The molecule has 2 atom stereocenters. The summed E-state index contributed by atoms with van der Waals surface area (Å²) in [6.07, 6.45) is -2.08. The molecule has 0 aliphatic rings. The highest BCUT2D eigenvalue weighted by Gasteiger charge is 2.21. The Morgan fingerprint density at radius 2 is 1.82 bits per heavy atom. The summed E-state index contributed by atoms with van der Waals surface area (Å²) in [5, 5.41) is 39.0. The molecule has 17 heavy (non-hydrogen) atoms. The zero-order valence-electron chi connectivity index (χ0n) is 9.44. The van der Waals surface area contributed by atoms with Crippen molar-refractivity contribution in [1.82, 2.24) is 0 Å². The molecule has 0 saturated carbocycles. The van der Waals surface area contributed by atoms with Crippen LogP contribution in [-0.4, -0.2) is 32.7 Å². The molecule has 1 aromatic rings.